The Hall–Kier alpha value is -4.60. The molecule has 0 radical (unpaired) electrons. The molecule has 0 bridgehead atoms. The molecule has 6 rings (SSSR count). The van der Waals surface area contributed by atoms with Gasteiger partial charge in [-0.15, -0.1) is 0 Å². The summed E-state index contributed by atoms with van der Waals surface area (Å²) in [4.78, 5) is 22.7. The van der Waals surface area contributed by atoms with Crippen LogP contribution in [0, 0.1) is 0 Å². The Kier molecular flexibility index (Phi) is 13.1. The monoisotopic (exact) mass is 831 g/mol. The third kappa shape index (κ3) is 9.01. The number of aliphatic carboxylic acids is 1. The van der Waals surface area contributed by atoms with Gasteiger partial charge in [-0.3, -0.25) is 9.59 Å². The molecule has 0 saturated carbocycles. The molecule has 1 unspecified atom stereocenters. The van der Waals surface area contributed by atoms with Gasteiger partial charge in [-0.05, 0) is 18.2 Å². The lowest BCUT2D eigenvalue weighted by atomic mass is 9.97. The maximum atomic E-state index is 11.8. The number of carbonyl (C=O) groups is 2. The Morgan fingerprint density at radius 1 is 0.759 bits per heavy atom. The van der Waals surface area contributed by atoms with Crippen LogP contribution in [0.1, 0.15) is 23.7 Å². The number of phenols is 3. The predicted octanol–water partition coefficient (Wildman–Crippen LogP) is -4.38. The Morgan fingerprint density at radius 2 is 1.45 bits per heavy atom. The minimum absolute atomic E-state index is 0.0244. The number of ether oxygens (including phenoxy) is 8. The Morgan fingerprint density at radius 3 is 2.14 bits per heavy atom. The van der Waals surface area contributed by atoms with Crippen molar-refractivity contribution in [2.75, 3.05) is 19.8 Å². The number of carboxylic acid groups (broad SMARTS) is 1. The third-order valence-electron chi connectivity index (χ3n) is 9.68. The third-order valence-corrected chi connectivity index (χ3v) is 9.68. The van der Waals surface area contributed by atoms with Gasteiger partial charge in [0.1, 0.15) is 91.1 Å². The number of carbonyl (C=O) groups excluding carboxylic acids is 1. The van der Waals surface area contributed by atoms with E-state index in [1.807, 2.05) is 0 Å². The first kappa shape index (κ1) is 43.0. The predicted molar refractivity (Wildman–Crippen MR) is 182 cm³/mol. The summed E-state index contributed by atoms with van der Waals surface area (Å²) in [5.74, 6) is -4.80. The molecular formula is C35H43O23+. The van der Waals surface area contributed by atoms with Gasteiger partial charge in [0, 0.05) is 12.1 Å². The van der Waals surface area contributed by atoms with E-state index in [0.29, 0.717) is 0 Å². The highest BCUT2D eigenvalue weighted by molar-refractivity contribution is 5.90. The molecule has 0 aliphatic carbocycles. The Balaban J connectivity index is 1.35. The summed E-state index contributed by atoms with van der Waals surface area (Å²) in [5, 5.41) is 134. The minimum atomic E-state index is -1.97. The van der Waals surface area contributed by atoms with Crippen molar-refractivity contribution in [2.24, 2.45) is 0 Å². The fraction of sp³-hybridized carbons (Fsp3) is 0.543. The number of aliphatic hydroxyl groups is 10. The second-order valence-electron chi connectivity index (χ2n) is 13.8. The zero-order valence-electron chi connectivity index (χ0n) is 29.9. The highest BCUT2D eigenvalue weighted by atomic mass is 16.8. The first-order valence-electron chi connectivity index (χ1n) is 17.6. The highest BCUT2D eigenvalue weighted by Crippen LogP contribution is 2.47. The maximum Gasteiger partial charge on any atom is 0.317 e. The molecule has 4 aliphatic rings. The van der Waals surface area contributed by atoms with Crippen molar-refractivity contribution >= 4 is 18.0 Å². The van der Waals surface area contributed by atoms with Gasteiger partial charge in [-0.2, -0.15) is 0 Å². The fourth-order valence-corrected chi connectivity index (χ4v) is 6.53. The van der Waals surface area contributed by atoms with Crippen molar-refractivity contribution in [1.82, 2.24) is 0 Å². The number of aromatic hydroxyl groups is 4. The fourth-order valence-electron chi connectivity index (χ4n) is 6.53. The van der Waals surface area contributed by atoms with Gasteiger partial charge >= 0.3 is 11.9 Å². The Labute approximate surface area is 326 Å². The molecular weight excluding hydrogens is 788 g/mol. The van der Waals surface area contributed by atoms with Crippen LogP contribution in [0.25, 0.3) is 6.08 Å². The van der Waals surface area contributed by atoms with Crippen molar-refractivity contribution < 1.29 is 114 Å². The van der Waals surface area contributed by atoms with Crippen molar-refractivity contribution in [3.8, 4) is 28.7 Å². The van der Waals surface area contributed by atoms with Crippen LogP contribution in [0.15, 0.2) is 36.1 Å². The van der Waals surface area contributed by atoms with Gasteiger partial charge in [0.05, 0.1) is 24.8 Å². The molecule has 320 valence electrons. The molecule has 2 aromatic carbocycles. The number of esters is 1. The maximum absolute atomic E-state index is 11.8. The van der Waals surface area contributed by atoms with Gasteiger partial charge in [-0.1, -0.05) is 0 Å². The van der Waals surface area contributed by atoms with E-state index >= 15 is 0 Å². The zero-order valence-corrected chi connectivity index (χ0v) is 29.9. The lowest BCUT2D eigenvalue weighted by Gasteiger charge is -2.45. The summed E-state index contributed by atoms with van der Waals surface area (Å²) in [5.41, 5.74) is 0.126. The molecule has 2 aromatic rings. The molecule has 15 atom stereocenters. The van der Waals surface area contributed by atoms with E-state index in [-0.39, 0.29) is 28.4 Å². The topological polar surface area (TPSA) is 375 Å². The van der Waals surface area contributed by atoms with E-state index in [4.69, 9.17) is 38.3 Å². The second-order valence-corrected chi connectivity index (χ2v) is 13.8. The molecule has 23 heteroatoms. The van der Waals surface area contributed by atoms with Crippen LogP contribution in [0.3, 0.4) is 0 Å². The lowest BCUT2D eigenvalue weighted by molar-refractivity contribution is -0.353. The number of aliphatic hydroxyl groups excluding tert-OH is 9. The highest BCUT2D eigenvalue weighted by Gasteiger charge is 2.51. The molecule has 4 aliphatic heterocycles. The average Bonchev–Trinajstić information content (AvgIpc) is 3.17. The summed E-state index contributed by atoms with van der Waals surface area (Å²) in [7, 11) is 0. The summed E-state index contributed by atoms with van der Waals surface area (Å²) >= 11 is 0. The van der Waals surface area contributed by atoms with E-state index in [9.17, 15) is 70.9 Å². The van der Waals surface area contributed by atoms with Gasteiger partial charge in [0.15, 0.2) is 29.7 Å². The van der Waals surface area contributed by atoms with Crippen LogP contribution in [-0.4, -0.2) is 189 Å². The molecule has 4 heterocycles. The smallest absolute Gasteiger partial charge is 0.317 e. The van der Waals surface area contributed by atoms with Crippen LogP contribution >= 0.6 is 0 Å². The molecule has 23 nitrogen and oxygen atoms in total. The molecule has 3 saturated heterocycles. The summed E-state index contributed by atoms with van der Waals surface area (Å²) < 4.78 is 44.0. The summed E-state index contributed by atoms with van der Waals surface area (Å²) in [6.07, 6.45) is -25.9. The normalized spacial score (nSPS) is 36.2. The molecule has 3 fully saturated rings. The number of fused-ring (bicyclic) bond motifs is 1. The van der Waals surface area contributed by atoms with Crippen LogP contribution in [0.2, 0.25) is 0 Å². The molecule has 58 heavy (non-hydrogen) atoms. The minimum Gasteiger partial charge on any atom is -0.571 e. The number of rotatable bonds is 12. The van der Waals surface area contributed by atoms with E-state index < -0.39 is 148 Å². The summed E-state index contributed by atoms with van der Waals surface area (Å²) in [6, 6.07) is 5.82. The van der Waals surface area contributed by atoms with Crippen molar-refractivity contribution in [3.63, 3.8) is 0 Å². The first-order chi connectivity index (χ1) is 27.5. The van der Waals surface area contributed by atoms with E-state index in [0.717, 1.165) is 18.2 Å². The van der Waals surface area contributed by atoms with E-state index in [2.05, 4.69) is 4.74 Å². The SMILES string of the molecule is O=C(O)CC(=O)OC[C@H]1O[C@@H](Oc2cc(O)cc3c2C=C(O[C@@H]2O[C@H](CO)[C@@H](O)[C@@H](O)[C@@H]2O[C@H]2OC[C@@H](O)[C@@H](O)[C@H]2O)C(c2ccc(O)c(O)c2)[OH+]3)[C@@H](O)[C@@H](O)[C@@H]1O. The first-order valence-corrected chi connectivity index (χ1v) is 17.6. The van der Waals surface area contributed by atoms with Gasteiger partial charge in [-0.25, -0.2) is 0 Å². The number of phenolic OH excluding ortho intramolecular Hbond substituents is 3. The number of benzene rings is 2. The van der Waals surface area contributed by atoms with Crippen LogP contribution in [0.4, 0.5) is 0 Å². The molecule has 14 N–H and O–H groups in total. The van der Waals surface area contributed by atoms with E-state index in [1.165, 1.54) is 18.2 Å². The molecule has 0 amide bonds. The van der Waals surface area contributed by atoms with Crippen molar-refractivity contribution in [3.05, 3.63) is 47.2 Å². The quantitative estimate of drug-likeness (QED) is 0.0416. The standard InChI is InChI=1S/C35H42O23/c36-8-20-25(45)28(48)32(58-33-29(49)24(44)16(40)9-52-33)35(56-20)55-19-6-13-17(53-31(19)11-1-2-14(38)15(39)3-11)4-12(37)5-18(13)54-34-30(50)27(47)26(46)21(57-34)10-51-23(43)7-22(41)42/h1-6,16,20-21,24-40,44-50H,7-10H2,(H,41,42)/p+1/t16-,20-,21-,24-,25-,26-,27+,28-,29-,30+,31?,32+,33-,34-,35-/m1/s1. The van der Waals surface area contributed by atoms with Gasteiger partial charge < -0.3 is 104 Å². The number of carboxylic acids is 1. The average molecular weight is 832 g/mol. The van der Waals surface area contributed by atoms with Crippen LogP contribution in [0.5, 0.6) is 28.7 Å². The van der Waals surface area contributed by atoms with Crippen molar-refractivity contribution in [1.29, 1.82) is 0 Å². The van der Waals surface area contributed by atoms with Gasteiger partial charge in [0.25, 0.3) is 11.9 Å². The molecule has 0 aromatic heterocycles. The lowest BCUT2D eigenvalue weighted by Crippen LogP contribution is -2.63. The number of hydrogen-bond donors (Lipinski definition) is 13. The number of hydrogen-bond acceptors (Lipinski definition) is 21. The van der Waals surface area contributed by atoms with Crippen LogP contribution in [-0.2, 0) is 38.0 Å². The zero-order chi connectivity index (χ0) is 42.2. The van der Waals surface area contributed by atoms with Crippen molar-refractivity contribution in [2.45, 2.75) is 98.5 Å². The van der Waals surface area contributed by atoms with E-state index in [1.54, 1.807) is 0 Å². The summed E-state index contributed by atoms with van der Waals surface area (Å²) in [6.45, 7) is -2.12. The Bertz CT molecular complexity index is 1820. The second kappa shape index (κ2) is 17.7. The molecule has 0 spiro atoms. The van der Waals surface area contributed by atoms with Gasteiger partial charge in [0.2, 0.25) is 12.6 Å². The van der Waals surface area contributed by atoms with Crippen LogP contribution < -0.4 is 4.74 Å². The largest absolute Gasteiger partial charge is 0.571 e.